The fraction of sp³-hybridized carbons (Fsp3) is 0.500. The SMILES string of the molecule is CCN1CCN(Cc2ccc(CNC(=O)c3sccc3C3CC3)cc2)CC1. The first-order chi connectivity index (χ1) is 13.2. The molecule has 2 aliphatic rings. The molecule has 4 nitrogen and oxygen atoms in total. The topological polar surface area (TPSA) is 35.6 Å². The number of piperazine rings is 1. The van der Waals surface area contributed by atoms with Gasteiger partial charge in [-0.25, -0.2) is 0 Å². The Morgan fingerprint density at radius 2 is 1.70 bits per heavy atom. The number of hydrogen-bond acceptors (Lipinski definition) is 4. The molecule has 1 aromatic carbocycles. The van der Waals surface area contributed by atoms with Crippen LogP contribution in [0.1, 0.15) is 52.0 Å². The molecule has 0 radical (unpaired) electrons. The summed E-state index contributed by atoms with van der Waals surface area (Å²) < 4.78 is 0. The predicted octanol–water partition coefficient (Wildman–Crippen LogP) is 3.69. The Morgan fingerprint density at radius 3 is 2.37 bits per heavy atom. The fourth-order valence-electron chi connectivity index (χ4n) is 3.77. The number of carbonyl (C=O) groups is 1. The first-order valence-corrected chi connectivity index (χ1v) is 11.0. The van der Waals surface area contributed by atoms with Crippen molar-refractivity contribution in [2.45, 2.75) is 38.8 Å². The van der Waals surface area contributed by atoms with Crippen LogP contribution in [0.25, 0.3) is 0 Å². The average Bonchev–Trinajstić information content (AvgIpc) is 3.44. The van der Waals surface area contributed by atoms with E-state index in [0.29, 0.717) is 12.5 Å². The summed E-state index contributed by atoms with van der Waals surface area (Å²) in [6.45, 7) is 9.64. The van der Waals surface area contributed by atoms with Gasteiger partial charge >= 0.3 is 0 Å². The lowest BCUT2D eigenvalue weighted by atomic mass is 10.1. The zero-order valence-corrected chi connectivity index (χ0v) is 16.9. The highest BCUT2D eigenvalue weighted by atomic mass is 32.1. The van der Waals surface area contributed by atoms with E-state index in [0.717, 1.165) is 36.6 Å². The van der Waals surface area contributed by atoms with Gasteiger partial charge in [0.05, 0.1) is 4.88 Å². The number of nitrogens with one attached hydrogen (secondary N) is 1. The molecular weight excluding hydrogens is 354 g/mol. The second-order valence-corrected chi connectivity index (χ2v) is 8.61. The van der Waals surface area contributed by atoms with Gasteiger partial charge in [0.2, 0.25) is 0 Å². The van der Waals surface area contributed by atoms with Gasteiger partial charge in [0, 0.05) is 39.3 Å². The van der Waals surface area contributed by atoms with Crippen molar-refractivity contribution in [1.82, 2.24) is 15.1 Å². The first-order valence-electron chi connectivity index (χ1n) is 10.1. The van der Waals surface area contributed by atoms with Crippen LogP contribution in [0.4, 0.5) is 0 Å². The molecule has 1 saturated carbocycles. The summed E-state index contributed by atoms with van der Waals surface area (Å²) in [5.74, 6) is 0.695. The summed E-state index contributed by atoms with van der Waals surface area (Å²) in [5, 5.41) is 5.13. The van der Waals surface area contributed by atoms with E-state index in [4.69, 9.17) is 0 Å². The monoisotopic (exact) mass is 383 g/mol. The van der Waals surface area contributed by atoms with E-state index in [2.05, 4.69) is 52.4 Å². The van der Waals surface area contributed by atoms with Crippen molar-refractivity contribution < 1.29 is 4.79 Å². The van der Waals surface area contributed by atoms with Gasteiger partial charge < -0.3 is 10.2 Å². The van der Waals surface area contributed by atoms with E-state index < -0.39 is 0 Å². The number of likely N-dealkylation sites (N-methyl/N-ethyl adjacent to an activating group) is 1. The molecule has 0 unspecified atom stereocenters. The quantitative estimate of drug-likeness (QED) is 0.792. The third kappa shape index (κ3) is 4.78. The molecule has 2 fully saturated rings. The standard InChI is InChI=1S/C22H29N3OS/c1-2-24-10-12-25(13-11-24)16-18-5-3-17(4-6-18)15-23-22(26)21-20(9-14-27-21)19-7-8-19/h3-6,9,14,19H,2,7-8,10-13,15-16H2,1H3,(H,23,26). The third-order valence-electron chi connectivity index (χ3n) is 5.71. The van der Waals surface area contributed by atoms with E-state index in [9.17, 15) is 4.79 Å². The molecule has 2 heterocycles. The molecule has 5 heteroatoms. The number of rotatable bonds is 7. The molecule has 4 rings (SSSR count). The molecule has 27 heavy (non-hydrogen) atoms. The molecule has 2 aromatic rings. The van der Waals surface area contributed by atoms with Crippen LogP contribution < -0.4 is 5.32 Å². The lowest BCUT2D eigenvalue weighted by molar-refractivity contribution is 0.0954. The van der Waals surface area contributed by atoms with Crippen LogP contribution in [-0.2, 0) is 13.1 Å². The van der Waals surface area contributed by atoms with Gasteiger partial charge in [0.25, 0.3) is 5.91 Å². The lowest BCUT2D eigenvalue weighted by Gasteiger charge is -2.34. The minimum Gasteiger partial charge on any atom is -0.347 e. The molecule has 0 spiro atoms. The number of benzene rings is 1. The molecule has 0 bridgehead atoms. The highest BCUT2D eigenvalue weighted by Crippen LogP contribution is 2.43. The first kappa shape index (κ1) is 18.7. The summed E-state index contributed by atoms with van der Waals surface area (Å²) in [5.41, 5.74) is 3.76. The third-order valence-corrected chi connectivity index (χ3v) is 6.64. The number of carbonyl (C=O) groups excluding carboxylic acids is 1. The second kappa shape index (κ2) is 8.55. The predicted molar refractivity (Wildman–Crippen MR) is 111 cm³/mol. The summed E-state index contributed by atoms with van der Waals surface area (Å²) >= 11 is 1.56. The van der Waals surface area contributed by atoms with Crippen LogP contribution in [0.5, 0.6) is 0 Å². The summed E-state index contributed by atoms with van der Waals surface area (Å²) in [7, 11) is 0. The van der Waals surface area contributed by atoms with Gasteiger partial charge in [-0.05, 0) is 53.4 Å². The Labute approximate surface area is 166 Å². The van der Waals surface area contributed by atoms with Crippen LogP contribution in [0.15, 0.2) is 35.7 Å². The smallest absolute Gasteiger partial charge is 0.261 e. The Morgan fingerprint density at radius 1 is 1.04 bits per heavy atom. The van der Waals surface area contributed by atoms with Crippen molar-refractivity contribution in [2.75, 3.05) is 32.7 Å². The van der Waals surface area contributed by atoms with Gasteiger partial charge in [0.1, 0.15) is 0 Å². The molecular formula is C22H29N3OS. The van der Waals surface area contributed by atoms with Gasteiger partial charge in [-0.1, -0.05) is 31.2 Å². The van der Waals surface area contributed by atoms with Gasteiger partial charge in [-0.2, -0.15) is 0 Å². The lowest BCUT2D eigenvalue weighted by Crippen LogP contribution is -2.45. The maximum absolute atomic E-state index is 12.5. The van der Waals surface area contributed by atoms with Crippen molar-refractivity contribution in [1.29, 1.82) is 0 Å². The van der Waals surface area contributed by atoms with Crippen molar-refractivity contribution in [3.05, 3.63) is 57.3 Å². The molecule has 0 atom stereocenters. The maximum atomic E-state index is 12.5. The Kier molecular flexibility index (Phi) is 5.91. The zero-order valence-electron chi connectivity index (χ0n) is 16.1. The van der Waals surface area contributed by atoms with E-state index in [-0.39, 0.29) is 5.91 Å². The Bertz CT molecular complexity index is 758. The molecule has 1 aromatic heterocycles. The maximum Gasteiger partial charge on any atom is 0.261 e. The number of nitrogens with zero attached hydrogens (tertiary/aromatic N) is 2. The van der Waals surface area contributed by atoms with Crippen molar-refractivity contribution in [3.63, 3.8) is 0 Å². The number of amides is 1. The minimum absolute atomic E-state index is 0.0739. The fourth-order valence-corrected chi connectivity index (χ4v) is 4.67. The summed E-state index contributed by atoms with van der Waals surface area (Å²) in [6.07, 6.45) is 2.46. The highest BCUT2D eigenvalue weighted by Gasteiger charge is 2.28. The summed E-state index contributed by atoms with van der Waals surface area (Å²) in [4.78, 5) is 18.4. The molecule has 1 saturated heterocycles. The van der Waals surface area contributed by atoms with Crippen LogP contribution in [0.2, 0.25) is 0 Å². The van der Waals surface area contributed by atoms with E-state index >= 15 is 0 Å². The summed E-state index contributed by atoms with van der Waals surface area (Å²) in [6, 6.07) is 10.8. The van der Waals surface area contributed by atoms with Gasteiger partial charge in [0.15, 0.2) is 0 Å². The molecule has 1 N–H and O–H groups in total. The normalized spacial score (nSPS) is 18.6. The van der Waals surface area contributed by atoms with Gasteiger partial charge in [-0.3, -0.25) is 9.69 Å². The Balaban J connectivity index is 1.26. The van der Waals surface area contributed by atoms with Crippen LogP contribution in [0.3, 0.4) is 0 Å². The molecule has 1 amide bonds. The second-order valence-electron chi connectivity index (χ2n) is 7.69. The van der Waals surface area contributed by atoms with Crippen molar-refractivity contribution >= 4 is 17.2 Å². The van der Waals surface area contributed by atoms with Crippen LogP contribution >= 0.6 is 11.3 Å². The van der Waals surface area contributed by atoms with Crippen LogP contribution in [0, 0.1) is 0 Å². The average molecular weight is 384 g/mol. The highest BCUT2D eigenvalue weighted by molar-refractivity contribution is 7.12. The molecule has 1 aliphatic carbocycles. The number of hydrogen-bond donors (Lipinski definition) is 1. The molecule has 144 valence electrons. The van der Waals surface area contributed by atoms with Gasteiger partial charge in [-0.15, -0.1) is 11.3 Å². The Hall–Kier alpha value is -1.69. The van der Waals surface area contributed by atoms with Crippen molar-refractivity contribution in [2.24, 2.45) is 0 Å². The molecule has 1 aliphatic heterocycles. The largest absolute Gasteiger partial charge is 0.347 e. The minimum atomic E-state index is 0.0739. The zero-order chi connectivity index (χ0) is 18.6. The van der Waals surface area contributed by atoms with Crippen molar-refractivity contribution in [3.8, 4) is 0 Å². The van der Waals surface area contributed by atoms with E-state index in [1.54, 1.807) is 11.3 Å². The number of thiophene rings is 1. The van der Waals surface area contributed by atoms with E-state index in [1.165, 1.54) is 37.1 Å². The van der Waals surface area contributed by atoms with Crippen LogP contribution in [-0.4, -0.2) is 48.4 Å². The van der Waals surface area contributed by atoms with E-state index in [1.807, 2.05) is 5.38 Å².